The lowest BCUT2D eigenvalue weighted by Crippen LogP contribution is -2.39. The van der Waals surface area contributed by atoms with Gasteiger partial charge in [-0.25, -0.2) is 0 Å². The van der Waals surface area contributed by atoms with E-state index in [1.165, 1.54) is 33.4 Å². The summed E-state index contributed by atoms with van der Waals surface area (Å²) in [5.74, 6) is 1.66. The first-order chi connectivity index (χ1) is 34.9. The molecule has 6 heteroatoms. The summed E-state index contributed by atoms with van der Waals surface area (Å²) in [5, 5.41) is 0. The molecule has 5 heterocycles. The standard InChI is InChI=1S/C65H46N4O2/c1-64(2,3)52-34-35-56-62(67-63-69(56)55-27-13-15-29-58(55)71-63)60(52)39-30-33-51-59(37-39)70-57-28-14-10-24-50(57)65(51)48-22-8-11-25-53(48)68(54-26-12-9-23-49(54)65)40-31-32-44-41-17-4-5-18-42(41)46-21-16-36-66-61(46)45-20-7-6-19-43(45)47(44)38-40/h4-38,55,58H,1-3H3. The van der Waals surface area contributed by atoms with Crippen molar-refractivity contribution >= 4 is 28.1 Å². The van der Waals surface area contributed by atoms with Gasteiger partial charge in [0.15, 0.2) is 0 Å². The molecule has 0 radical (unpaired) electrons. The Morgan fingerprint density at radius 1 is 0.535 bits per heavy atom. The van der Waals surface area contributed by atoms with Crippen molar-refractivity contribution in [2.45, 2.75) is 43.7 Å². The van der Waals surface area contributed by atoms with Gasteiger partial charge in [0.05, 0.1) is 34.0 Å². The van der Waals surface area contributed by atoms with Gasteiger partial charge in [-0.2, -0.15) is 4.98 Å². The van der Waals surface area contributed by atoms with Gasteiger partial charge in [-0.05, 0) is 110 Å². The number of benzene rings is 8. The minimum Gasteiger partial charge on any atom is -0.457 e. The van der Waals surface area contributed by atoms with Gasteiger partial charge in [-0.3, -0.25) is 9.55 Å². The Morgan fingerprint density at radius 2 is 1.17 bits per heavy atom. The Balaban J connectivity index is 0.947. The largest absolute Gasteiger partial charge is 0.457 e. The van der Waals surface area contributed by atoms with Crippen molar-refractivity contribution in [1.29, 1.82) is 0 Å². The van der Waals surface area contributed by atoms with E-state index in [4.69, 9.17) is 19.4 Å². The second kappa shape index (κ2) is 14.6. The number of para-hydroxylation sites is 3. The molecule has 2 aliphatic carbocycles. The van der Waals surface area contributed by atoms with Crippen LogP contribution in [0, 0.1) is 0 Å². The average Bonchev–Trinajstić information content (AvgIpc) is 3.96. The fraction of sp³-hybridized carbons (Fsp3) is 0.108. The highest BCUT2D eigenvalue weighted by atomic mass is 16.5. The van der Waals surface area contributed by atoms with Gasteiger partial charge in [-0.1, -0.05) is 172 Å². The van der Waals surface area contributed by atoms with Gasteiger partial charge in [0, 0.05) is 39.7 Å². The van der Waals surface area contributed by atoms with Crippen LogP contribution < -0.4 is 14.4 Å². The Bertz CT molecular complexity index is 3930. The van der Waals surface area contributed by atoms with E-state index < -0.39 is 5.41 Å². The molecule has 2 aromatic heterocycles. The van der Waals surface area contributed by atoms with Gasteiger partial charge in [0.2, 0.25) is 0 Å². The normalized spacial score (nSPS) is 16.9. The molecular weight excluding hydrogens is 869 g/mol. The zero-order chi connectivity index (χ0) is 47.2. The maximum absolute atomic E-state index is 7.16. The maximum Gasteiger partial charge on any atom is 0.298 e. The number of rotatable bonds is 2. The van der Waals surface area contributed by atoms with E-state index in [-0.39, 0.29) is 17.6 Å². The number of fused-ring (bicyclic) bond motifs is 21. The Hall–Kier alpha value is -8.74. The van der Waals surface area contributed by atoms with Crippen molar-refractivity contribution in [3.63, 3.8) is 0 Å². The number of anilines is 3. The van der Waals surface area contributed by atoms with Crippen LogP contribution in [0.1, 0.15) is 54.6 Å². The molecule has 338 valence electrons. The lowest BCUT2D eigenvalue weighted by atomic mass is 9.61. The molecule has 1 spiro atoms. The Kier molecular flexibility index (Phi) is 8.29. The number of allylic oxidation sites excluding steroid dienone is 2. The summed E-state index contributed by atoms with van der Waals surface area (Å²) in [7, 11) is 0. The highest BCUT2D eigenvalue weighted by Crippen LogP contribution is 2.64. The monoisotopic (exact) mass is 914 g/mol. The van der Waals surface area contributed by atoms with E-state index in [2.05, 4.69) is 230 Å². The first kappa shape index (κ1) is 40.2. The van der Waals surface area contributed by atoms with E-state index in [9.17, 15) is 0 Å². The van der Waals surface area contributed by atoms with Crippen LogP contribution >= 0.6 is 0 Å². The highest BCUT2D eigenvalue weighted by molar-refractivity contribution is 6.04. The summed E-state index contributed by atoms with van der Waals surface area (Å²) in [6.07, 6.45) is 10.4. The molecular formula is C65H46N4O2. The number of pyridine rings is 1. The second-order valence-corrected chi connectivity index (χ2v) is 20.4. The minimum absolute atomic E-state index is 0.0558. The molecule has 0 bridgehead atoms. The topological polar surface area (TPSA) is 52.4 Å². The van der Waals surface area contributed by atoms with Gasteiger partial charge in [0.1, 0.15) is 23.1 Å². The van der Waals surface area contributed by atoms with Crippen LogP contribution in [0.2, 0.25) is 0 Å². The van der Waals surface area contributed by atoms with Gasteiger partial charge >= 0.3 is 0 Å². The van der Waals surface area contributed by atoms with Crippen molar-refractivity contribution in [3.8, 4) is 73.3 Å². The summed E-state index contributed by atoms with van der Waals surface area (Å²) in [4.78, 5) is 12.8. The van der Waals surface area contributed by atoms with Crippen molar-refractivity contribution in [2.24, 2.45) is 0 Å². The molecule has 3 aliphatic heterocycles. The van der Waals surface area contributed by atoms with Crippen LogP contribution in [-0.2, 0) is 10.8 Å². The third-order valence-electron chi connectivity index (χ3n) is 15.6. The average molecular weight is 915 g/mol. The summed E-state index contributed by atoms with van der Waals surface area (Å²) >= 11 is 0. The number of aromatic nitrogens is 3. The summed E-state index contributed by atoms with van der Waals surface area (Å²) in [5.41, 5.74) is 21.5. The molecule has 5 aliphatic rings. The maximum atomic E-state index is 7.16. The van der Waals surface area contributed by atoms with Crippen LogP contribution in [0.3, 0.4) is 0 Å². The van der Waals surface area contributed by atoms with Gasteiger partial charge in [0.25, 0.3) is 6.01 Å². The molecule has 0 saturated heterocycles. The molecule has 0 saturated carbocycles. The van der Waals surface area contributed by atoms with E-state index in [0.29, 0.717) is 6.01 Å². The summed E-state index contributed by atoms with van der Waals surface area (Å²) < 4.78 is 15.9. The van der Waals surface area contributed by atoms with Gasteiger partial charge < -0.3 is 14.4 Å². The molecule has 15 rings (SSSR count). The number of hydrogen-bond acceptors (Lipinski definition) is 5. The lowest BCUT2D eigenvalue weighted by molar-refractivity contribution is 0.259. The van der Waals surface area contributed by atoms with Crippen LogP contribution in [0.25, 0.3) is 66.8 Å². The predicted octanol–water partition coefficient (Wildman–Crippen LogP) is 16.1. The number of imidazole rings is 1. The van der Waals surface area contributed by atoms with E-state index >= 15 is 0 Å². The molecule has 0 N–H and O–H groups in total. The summed E-state index contributed by atoms with van der Waals surface area (Å²) in [6, 6.07) is 67.5. The third kappa shape index (κ3) is 5.53. The lowest BCUT2D eigenvalue weighted by Gasteiger charge is -2.48. The second-order valence-electron chi connectivity index (χ2n) is 20.4. The Morgan fingerprint density at radius 3 is 1.94 bits per heavy atom. The van der Waals surface area contributed by atoms with Crippen LogP contribution in [0.15, 0.2) is 212 Å². The first-order valence-corrected chi connectivity index (χ1v) is 24.6. The zero-order valence-corrected chi connectivity index (χ0v) is 39.5. The van der Waals surface area contributed by atoms with Crippen LogP contribution in [0.5, 0.6) is 17.5 Å². The zero-order valence-electron chi connectivity index (χ0n) is 39.5. The van der Waals surface area contributed by atoms with Crippen LogP contribution in [-0.4, -0.2) is 20.6 Å². The Labute approximate surface area is 412 Å². The molecule has 10 aromatic rings. The molecule has 0 fully saturated rings. The molecule has 2 unspecified atom stereocenters. The fourth-order valence-electron chi connectivity index (χ4n) is 12.6. The predicted molar refractivity (Wildman–Crippen MR) is 285 cm³/mol. The van der Waals surface area contributed by atoms with Crippen molar-refractivity contribution in [2.75, 3.05) is 4.90 Å². The quantitative estimate of drug-likeness (QED) is 0.173. The van der Waals surface area contributed by atoms with Crippen molar-refractivity contribution in [3.05, 3.63) is 240 Å². The highest BCUT2D eigenvalue weighted by Gasteiger charge is 2.51. The van der Waals surface area contributed by atoms with Crippen molar-refractivity contribution in [1.82, 2.24) is 14.5 Å². The SMILES string of the molecule is CC(C)(C)c1ccc2c(nc3n2C2C=CC=CC2O3)c1-c1ccc2c(c1)Oc1ccccc1C21c2ccccc2N(c2ccc3c(c2)-c2ccccc2-c2ncccc2-c2ccccc2-3)c2ccccc21. The van der Waals surface area contributed by atoms with E-state index in [1.807, 2.05) is 12.3 Å². The third-order valence-corrected chi connectivity index (χ3v) is 15.6. The molecule has 2 atom stereocenters. The molecule has 0 amide bonds. The number of hydrogen-bond donors (Lipinski definition) is 0. The number of nitrogens with zero attached hydrogens (tertiary/aromatic N) is 4. The van der Waals surface area contributed by atoms with E-state index in [1.54, 1.807) is 0 Å². The summed E-state index contributed by atoms with van der Waals surface area (Å²) in [6.45, 7) is 6.84. The fourth-order valence-corrected chi connectivity index (χ4v) is 12.6. The molecule has 6 nitrogen and oxygen atoms in total. The smallest absolute Gasteiger partial charge is 0.298 e. The van der Waals surface area contributed by atoms with E-state index in [0.717, 1.165) is 89.8 Å². The van der Waals surface area contributed by atoms with Crippen LogP contribution in [0.4, 0.5) is 17.1 Å². The number of ether oxygens (including phenoxy) is 2. The molecule has 8 aromatic carbocycles. The molecule has 71 heavy (non-hydrogen) atoms. The van der Waals surface area contributed by atoms with Crippen molar-refractivity contribution < 1.29 is 9.47 Å². The van der Waals surface area contributed by atoms with Gasteiger partial charge in [-0.15, -0.1) is 0 Å². The minimum atomic E-state index is -0.727. The first-order valence-electron chi connectivity index (χ1n) is 24.6.